The molecule has 0 unspecified atom stereocenters. The second kappa shape index (κ2) is 6.09. The zero-order valence-electron chi connectivity index (χ0n) is 10.4. The van der Waals surface area contributed by atoms with Gasteiger partial charge in [0.25, 0.3) is 0 Å². The van der Waals surface area contributed by atoms with Gasteiger partial charge < -0.3 is 4.74 Å². The molecule has 0 saturated carbocycles. The van der Waals surface area contributed by atoms with Crippen molar-refractivity contribution in [2.75, 3.05) is 7.11 Å². The van der Waals surface area contributed by atoms with Gasteiger partial charge in [0.2, 0.25) is 0 Å². The Balaban J connectivity index is 2.08. The van der Waals surface area contributed by atoms with E-state index >= 15 is 0 Å². The van der Waals surface area contributed by atoms with E-state index in [1.807, 2.05) is 0 Å². The fourth-order valence-electron chi connectivity index (χ4n) is 1.59. The van der Waals surface area contributed by atoms with Crippen molar-refractivity contribution in [3.8, 4) is 5.75 Å². The molecule has 2 aromatic carbocycles. The van der Waals surface area contributed by atoms with Crippen LogP contribution in [0.2, 0.25) is 0 Å². The third-order valence-corrected chi connectivity index (χ3v) is 2.62. The van der Waals surface area contributed by atoms with Crippen molar-refractivity contribution in [3.63, 3.8) is 0 Å². The fraction of sp³-hybridized carbons (Fsp3) is 0.133. The van der Waals surface area contributed by atoms with E-state index in [0.717, 1.165) is 5.56 Å². The number of aliphatic imine (C=N–C) groups is 1. The molecule has 0 bridgehead atoms. The van der Waals surface area contributed by atoms with E-state index in [-0.39, 0.29) is 11.6 Å². The van der Waals surface area contributed by atoms with Gasteiger partial charge in [-0.3, -0.25) is 4.99 Å². The van der Waals surface area contributed by atoms with Crippen LogP contribution in [-0.4, -0.2) is 13.3 Å². The number of nitrogens with zero attached hydrogens (tertiary/aromatic N) is 1. The number of halogens is 2. The molecule has 2 nitrogen and oxygen atoms in total. The van der Waals surface area contributed by atoms with Gasteiger partial charge in [-0.1, -0.05) is 12.1 Å². The van der Waals surface area contributed by atoms with E-state index in [1.54, 1.807) is 24.3 Å². The summed E-state index contributed by atoms with van der Waals surface area (Å²) < 4.78 is 31.2. The topological polar surface area (TPSA) is 21.6 Å². The molecule has 0 radical (unpaired) electrons. The predicted octanol–water partition coefficient (Wildman–Crippen LogP) is 3.59. The summed E-state index contributed by atoms with van der Waals surface area (Å²) in [6, 6.07) is 10.5. The van der Waals surface area contributed by atoms with Gasteiger partial charge in [-0.2, -0.15) is 0 Å². The molecular weight excluding hydrogens is 248 g/mol. The van der Waals surface area contributed by atoms with E-state index < -0.39 is 0 Å². The Morgan fingerprint density at radius 2 is 1.84 bits per heavy atom. The molecule has 0 aromatic heterocycles. The number of benzene rings is 2. The van der Waals surface area contributed by atoms with Gasteiger partial charge in [-0.05, 0) is 35.9 Å². The molecule has 4 heteroatoms. The van der Waals surface area contributed by atoms with Gasteiger partial charge >= 0.3 is 0 Å². The maximum atomic E-state index is 13.5. The molecule has 0 heterocycles. The minimum Gasteiger partial charge on any atom is -0.497 e. The molecule has 0 fully saturated rings. The summed E-state index contributed by atoms with van der Waals surface area (Å²) >= 11 is 0. The molecule has 0 aliphatic heterocycles. The molecule has 0 N–H and O–H groups in total. The Labute approximate surface area is 110 Å². The van der Waals surface area contributed by atoms with E-state index in [2.05, 4.69) is 4.99 Å². The summed E-state index contributed by atoms with van der Waals surface area (Å²) in [4.78, 5) is 4.13. The molecule has 2 aromatic rings. The fourth-order valence-corrected chi connectivity index (χ4v) is 1.59. The Kier molecular flexibility index (Phi) is 4.23. The molecule has 0 spiro atoms. The first-order valence-corrected chi connectivity index (χ1v) is 5.77. The van der Waals surface area contributed by atoms with Crippen LogP contribution in [0.3, 0.4) is 0 Å². The monoisotopic (exact) mass is 261 g/mol. The highest BCUT2D eigenvalue weighted by Crippen LogP contribution is 2.15. The maximum absolute atomic E-state index is 13.5. The summed E-state index contributed by atoms with van der Waals surface area (Å²) in [5.74, 6) is -0.0696. The summed E-state index contributed by atoms with van der Waals surface area (Å²) in [6.07, 6.45) is 1.45. The van der Waals surface area contributed by atoms with Crippen molar-refractivity contribution < 1.29 is 13.5 Å². The lowest BCUT2D eigenvalue weighted by Gasteiger charge is -2.02. The van der Waals surface area contributed by atoms with Gasteiger partial charge in [-0.15, -0.1) is 0 Å². The average molecular weight is 261 g/mol. The van der Waals surface area contributed by atoms with Crippen LogP contribution in [-0.2, 0) is 6.54 Å². The maximum Gasteiger partial charge on any atom is 0.132 e. The van der Waals surface area contributed by atoms with Gasteiger partial charge in [0, 0.05) is 11.8 Å². The summed E-state index contributed by atoms with van der Waals surface area (Å²) in [6.45, 7) is 0.372. The molecule has 2 rings (SSSR count). The van der Waals surface area contributed by atoms with Crippen molar-refractivity contribution in [2.24, 2.45) is 4.99 Å². The van der Waals surface area contributed by atoms with E-state index in [9.17, 15) is 8.78 Å². The highest BCUT2D eigenvalue weighted by molar-refractivity contribution is 5.80. The SMILES string of the molecule is COc1ccc(F)c(C=NCc2ccc(F)cc2)c1. The molecule has 0 aliphatic rings. The van der Waals surface area contributed by atoms with E-state index in [0.29, 0.717) is 17.9 Å². The quantitative estimate of drug-likeness (QED) is 0.771. The lowest BCUT2D eigenvalue weighted by atomic mass is 10.2. The molecule has 0 aliphatic carbocycles. The second-order valence-electron chi connectivity index (χ2n) is 3.98. The van der Waals surface area contributed by atoms with Crippen LogP contribution in [0.4, 0.5) is 8.78 Å². The van der Waals surface area contributed by atoms with Crippen LogP contribution in [0, 0.1) is 11.6 Å². The molecule has 98 valence electrons. The Morgan fingerprint density at radius 1 is 1.11 bits per heavy atom. The van der Waals surface area contributed by atoms with Gasteiger partial charge in [0.15, 0.2) is 0 Å². The second-order valence-corrected chi connectivity index (χ2v) is 3.98. The third kappa shape index (κ3) is 3.61. The zero-order chi connectivity index (χ0) is 13.7. The van der Waals surface area contributed by atoms with Crippen LogP contribution in [0.5, 0.6) is 5.75 Å². The molecule has 0 atom stereocenters. The summed E-state index contributed by atoms with van der Waals surface area (Å²) in [5.41, 5.74) is 1.22. The van der Waals surface area contributed by atoms with Crippen LogP contribution in [0.1, 0.15) is 11.1 Å². The minimum absolute atomic E-state index is 0.286. The molecule has 0 saturated heterocycles. The minimum atomic E-state index is -0.358. The molecule has 0 amide bonds. The normalized spacial score (nSPS) is 10.9. The summed E-state index contributed by atoms with van der Waals surface area (Å²) in [7, 11) is 1.52. The van der Waals surface area contributed by atoms with Crippen molar-refractivity contribution in [3.05, 3.63) is 65.2 Å². The first-order valence-electron chi connectivity index (χ1n) is 5.77. The number of hydrogen-bond donors (Lipinski definition) is 0. The number of hydrogen-bond acceptors (Lipinski definition) is 2. The Morgan fingerprint density at radius 3 is 2.53 bits per heavy atom. The Bertz CT molecular complexity index is 579. The Hall–Kier alpha value is -2.23. The van der Waals surface area contributed by atoms with Crippen molar-refractivity contribution in [2.45, 2.75) is 6.54 Å². The van der Waals surface area contributed by atoms with Crippen LogP contribution in [0.25, 0.3) is 0 Å². The lowest BCUT2D eigenvalue weighted by Crippen LogP contribution is -1.92. The van der Waals surface area contributed by atoms with Crippen LogP contribution >= 0.6 is 0 Å². The van der Waals surface area contributed by atoms with Gasteiger partial charge in [0.1, 0.15) is 17.4 Å². The van der Waals surface area contributed by atoms with Gasteiger partial charge in [0.05, 0.1) is 13.7 Å². The van der Waals surface area contributed by atoms with Crippen molar-refractivity contribution >= 4 is 6.21 Å². The number of rotatable bonds is 4. The first kappa shape index (κ1) is 13.2. The van der Waals surface area contributed by atoms with E-state index in [1.165, 1.54) is 31.5 Å². The number of methoxy groups -OCH3 is 1. The highest BCUT2D eigenvalue weighted by Gasteiger charge is 2.01. The highest BCUT2D eigenvalue weighted by atomic mass is 19.1. The lowest BCUT2D eigenvalue weighted by molar-refractivity contribution is 0.413. The van der Waals surface area contributed by atoms with E-state index in [4.69, 9.17) is 4.74 Å². The third-order valence-electron chi connectivity index (χ3n) is 2.62. The van der Waals surface area contributed by atoms with Gasteiger partial charge in [-0.25, -0.2) is 8.78 Å². The van der Waals surface area contributed by atoms with Crippen LogP contribution in [0.15, 0.2) is 47.5 Å². The molecular formula is C15H13F2NO. The average Bonchev–Trinajstić information content (AvgIpc) is 2.43. The van der Waals surface area contributed by atoms with Crippen molar-refractivity contribution in [1.82, 2.24) is 0 Å². The summed E-state index contributed by atoms with van der Waals surface area (Å²) in [5, 5.41) is 0. The van der Waals surface area contributed by atoms with Crippen LogP contribution < -0.4 is 4.74 Å². The standard InChI is InChI=1S/C15H13F2NO/c1-19-14-6-7-15(17)12(8-14)10-18-9-11-2-4-13(16)5-3-11/h2-8,10H,9H2,1H3. The largest absolute Gasteiger partial charge is 0.497 e. The smallest absolute Gasteiger partial charge is 0.132 e. The number of ether oxygens (including phenoxy) is 1. The predicted molar refractivity (Wildman–Crippen MR) is 70.7 cm³/mol. The first-order chi connectivity index (χ1) is 9.19. The molecule has 19 heavy (non-hydrogen) atoms. The zero-order valence-corrected chi connectivity index (χ0v) is 10.4. The van der Waals surface area contributed by atoms with Crippen molar-refractivity contribution in [1.29, 1.82) is 0 Å².